The summed E-state index contributed by atoms with van der Waals surface area (Å²) in [4.78, 5) is 45.9. The van der Waals surface area contributed by atoms with Crippen LogP contribution in [0.25, 0.3) is 0 Å². The van der Waals surface area contributed by atoms with E-state index in [-0.39, 0.29) is 23.1 Å². The Balaban J connectivity index is 2.18. The fourth-order valence-corrected chi connectivity index (χ4v) is 6.63. The van der Waals surface area contributed by atoms with E-state index in [1.54, 1.807) is 14.0 Å². The van der Waals surface area contributed by atoms with Crippen molar-refractivity contribution >= 4 is 22.6 Å². The number of ether oxygens (including phenoxy) is 1. The Morgan fingerprint density at radius 3 is 2.11 bits per heavy atom. The van der Waals surface area contributed by atoms with Crippen LogP contribution in [0.3, 0.4) is 0 Å². The van der Waals surface area contributed by atoms with Crippen molar-refractivity contribution in [3.8, 4) is 0 Å². The molecule has 2 fully saturated rings. The maximum atomic E-state index is 13.0. The van der Waals surface area contributed by atoms with Gasteiger partial charge in [-0.1, -0.05) is 41.5 Å². The molecule has 0 aliphatic carbocycles. The standard InChI is InChI=1S/C25H45N3O7Si2/c1-16-14-28(22(31)26-20(16)30)21-19(35-37(11,12)24(5,6)7)25(13-18(29)34-27(25)8)17(33-21)15-32-36(9,10)23(2,3)4/h14,17,19,21H,13,15H2,1-12H3,(H,26,30,31)/t17-,19+,21-,25+/m1/s1. The smallest absolute Gasteiger partial charge is 0.330 e. The number of carbonyl (C=O) groups is 1. The quantitative estimate of drug-likeness (QED) is 0.529. The zero-order chi connectivity index (χ0) is 28.4. The minimum absolute atomic E-state index is 0.0297. The molecule has 3 rings (SSSR count). The van der Waals surface area contributed by atoms with Crippen molar-refractivity contribution in [3.05, 3.63) is 32.6 Å². The minimum atomic E-state index is -2.44. The van der Waals surface area contributed by atoms with Crippen molar-refractivity contribution in [2.75, 3.05) is 13.7 Å². The first-order valence-electron chi connectivity index (χ1n) is 12.9. The van der Waals surface area contributed by atoms with Crippen LogP contribution in [0.5, 0.6) is 0 Å². The molecule has 2 aliphatic rings. The first kappa shape index (κ1) is 30.0. The molecular weight excluding hydrogens is 510 g/mol. The monoisotopic (exact) mass is 555 g/mol. The maximum Gasteiger partial charge on any atom is 0.330 e. The van der Waals surface area contributed by atoms with Crippen molar-refractivity contribution < 1.29 is 23.2 Å². The van der Waals surface area contributed by atoms with Gasteiger partial charge in [0.15, 0.2) is 22.9 Å². The second-order valence-electron chi connectivity index (χ2n) is 13.5. The number of carbonyl (C=O) groups excluding carboxylic acids is 1. The van der Waals surface area contributed by atoms with Gasteiger partial charge in [-0.15, -0.1) is 5.06 Å². The number of hydroxylamine groups is 2. The Kier molecular flexibility index (Phi) is 7.74. The summed E-state index contributed by atoms with van der Waals surface area (Å²) in [6.07, 6.45) is -0.738. The second kappa shape index (κ2) is 9.56. The number of likely N-dealkylation sites (N-methyl/N-ethyl adjacent to an activating group) is 1. The number of H-pyrrole nitrogens is 1. The summed E-state index contributed by atoms with van der Waals surface area (Å²) in [5.41, 5.74) is -1.71. The van der Waals surface area contributed by atoms with Crippen LogP contribution in [-0.4, -0.2) is 68.6 Å². The fourth-order valence-electron chi connectivity index (χ4n) is 4.32. The third kappa shape index (κ3) is 5.33. The summed E-state index contributed by atoms with van der Waals surface area (Å²) in [6, 6.07) is 0. The Morgan fingerprint density at radius 2 is 1.62 bits per heavy atom. The highest BCUT2D eigenvalue weighted by atomic mass is 28.4. The molecule has 1 aromatic rings. The number of aromatic nitrogens is 2. The third-order valence-corrected chi connectivity index (χ3v) is 17.9. The molecule has 0 bridgehead atoms. The molecule has 0 saturated carbocycles. The van der Waals surface area contributed by atoms with E-state index in [4.69, 9.17) is 18.4 Å². The Morgan fingerprint density at radius 1 is 1.05 bits per heavy atom. The zero-order valence-electron chi connectivity index (χ0n) is 24.5. The number of nitrogens with zero attached hydrogens (tertiary/aromatic N) is 2. The maximum absolute atomic E-state index is 13.0. The fraction of sp³-hybridized carbons (Fsp3) is 0.800. The van der Waals surface area contributed by atoms with Crippen molar-refractivity contribution in [1.29, 1.82) is 0 Å². The molecule has 1 N–H and O–H groups in total. The molecule has 37 heavy (non-hydrogen) atoms. The van der Waals surface area contributed by atoms with Crippen LogP contribution in [0.1, 0.15) is 59.8 Å². The largest absolute Gasteiger partial charge is 0.414 e. The van der Waals surface area contributed by atoms with Crippen LogP contribution in [0, 0.1) is 6.92 Å². The topological polar surface area (TPSA) is 112 Å². The van der Waals surface area contributed by atoms with E-state index < -0.39 is 57.8 Å². The van der Waals surface area contributed by atoms with Gasteiger partial charge in [-0.2, -0.15) is 0 Å². The van der Waals surface area contributed by atoms with E-state index in [0.717, 1.165) is 0 Å². The molecule has 12 heteroatoms. The summed E-state index contributed by atoms with van der Waals surface area (Å²) >= 11 is 0. The number of hydrogen-bond acceptors (Lipinski definition) is 8. The van der Waals surface area contributed by atoms with Crippen LogP contribution in [0.2, 0.25) is 36.3 Å². The lowest BCUT2D eigenvalue weighted by atomic mass is 9.85. The van der Waals surface area contributed by atoms with Gasteiger partial charge >= 0.3 is 11.7 Å². The summed E-state index contributed by atoms with van der Waals surface area (Å²) in [6.45, 7) is 23.3. The number of nitrogens with one attached hydrogen (secondary N) is 1. The zero-order valence-corrected chi connectivity index (χ0v) is 26.5. The predicted molar refractivity (Wildman–Crippen MR) is 146 cm³/mol. The van der Waals surface area contributed by atoms with Crippen LogP contribution in [-0.2, 0) is 23.2 Å². The number of rotatable bonds is 6. The van der Waals surface area contributed by atoms with Gasteiger partial charge in [0.1, 0.15) is 17.7 Å². The van der Waals surface area contributed by atoms with E-state index in [2.05, 4.69) is 72.7 Å². The van der Waals surface area contributed by atoms with Gasteiger partial charge in [0.2, 0.25) is 0 Å². The van der Waals surface area contributed by atoms with Crippen molar-refractivity contribution in [3.63, 3.8) is 0 Å². The molecule has 0 radical (unpaired) electrons. The molecule has 1 spiro atoms. The van der Waals surface area contributed by atoms with Crippen LogP contribution in [0.15, 0.2) is 15.8 Å². The molecule has 2 aliphatic heterocycles. The van der Waals surface area contributed by atoms with Crippen LogP contribution in [0.4, 0.5) is 0 Å². The normalized spacial score (nSPS) is 27.8. The van der Waals surface area contributed by atoms with Gasteiger partial charge in [0.25, 0.3) is 5.56 Å². The average Bonchev–Trinajstić information content (AvgIpc) is 3.18. The minimum Gasteiger partial charge on any atom is -0.414 e. The molecule has 4 atom stereocenters. The molecule has 210 valence electrons. The highest BCUT2D eigenvalue weighted by molar-refractivity contribution is 6.74. The van der Waals surface area contributed by atoms with Crippen molar-refractivity contribution in [2.24, 2.45) is 0 Å². The number of hydrogen-bond donors (Lipinski definition) is 1. The SMILES string of the molecule is Cc1cn([C@@H]2O[C@H](CO[Si](C)(C)C(C)(C)C)[C@@]3(CC(=O)ON3C)[C@H]2O[Si](C)(C)C(C)(C)C)c(=O)[nH]c1=O. The van der Waals surface area contributed by atoms with E-state index >= 15 is 0 Å². The lowest BCUT2D eigenvalue weighted by Gasteiger charge is -2.45. The third-order valence-electron chi connectivity index (χ3n) is 8.92. The van der Waals surface area contributed by atoms with Crippen LogP contribution >= 0.6 is 0 Å². The molecular formula is C25H45N3O7Si2. The van der Waals surface area contributed by atoms with Crippen molar-refractivity contribution in [1.82, 2.24) is 14.6 Å². The van der Waals surface area contributed by atoms with Gasteiger partial charge < -0.3 is 18.4 Å². The summed E-state index contributed by atoms with van der Waals surface area (Å²) in [5.74, 6) is -0.391. The first-order chi connectivity index (χ1) is 16.6. The van der Waals surface area contributed by atoms with Gasteiger partial charge in [-0.05, 0) is 43.2 Å². The Bertz CT molecular complexity index is 1150. The highest BCUT2D eigenvalue weighted by Gasteiger charge is 2.67. The van der Waals surface area contributed by atoms with Gasteiger partial charge in [-0.3, -0.25) is 19.1 Å². The second-order valence-corrected chi connectivity index (χ2v) is 23.1. The predicted octanol–water partition coefficient (Wildman–Crippen LogP) is 3.69. The highest BCUT2D eigenvalue weighted by Crippen LogP contribution is 2.51. The summed E-state index contributed by atoms with van der Waals surface area (Å²) in [5, 5.41) is 1.36. The van der Waals surface area contributed by atoms with E-state index in [1.807, 2.05) is 0 Å². The number of aryl methyl sites for hydroxylation is 1. The molecule has 2 saturated heterocycles. The summed E-state index contributed by atoms with van der Waals surface area (Å²) in [7, 11) is -2.92. The Hall–Kier alpha value is -1.58. The van der Waals surface area contributed by atoms with Crippen LogP contribution < -0.4 is 11.2 Å². The molecule has 0 unspecified atom stereocenters. The van der Waals surface area contributed by atoms with Gasteiger partial charge in [0.05, 0.1) is 13.0 Å². The van der Waals surface area contributed by atoms with E-state index in [1.165, 1.54) is 15.8 Å². The first-order valence-corrected chi connectivity index (χ1v) is 18.7. The van der Waals surface area contributed by atoms with E-state index in [9.17, 15) is 14.4 Å². The average molecular weight is 556 g/mol. The van der Waals surface area contributed by atoms with E-state index in [0.29, 0.717) is 5.56 Å². The van der Waals surface area contributed by atoms with Crippen molar-refractivity contribution in [2.45, 2.75) is 115 Å². The lowest BCUT2D eigenvalue weighted by Crippen LogP contribution is -2.61. The number of aromatic amines is 1. The molecule has 3 heterocycles. The molecule has 1 aromatic heterocycles. The molecule has 0 amide bonds. The molecule has 0 aromatic carbocycles. The lowest BCUT2D eigenvalue weighted by molar-refractivity contribution is -0.190. The summed E-state index contributed by atoms with van der Waals surface area (Å²) < 4.78 is 21.6. The molecule has 10 nitrogen and oxygen atoms in total. The Labute approximate surface area is 221 Å². The van der Waals surface area contributed by atoms with Gasteiger partial charge in [-0.25, -0.2) is 4.79 Å². The van der Waals surface area contributed by atoms with Gasteiger partial charge in [0, 0.05) is 18.8 Å².